The Morgan fingerprint density at radius 3 is 2.66 bits per heavy atom. The van der Waals surface area contributed by atoms with Gasteiger partial charge in [0.1, 0.15) is 18.6 Å². The van der Waals surface area contributed by atoms with E-state index in [0.717, 1.165) is 31.7 Å². The highest BCUT2D eigenvalue weighted by molar-refractivity contribution is 6.30. The van der Waals surface area contributed by atoms with Crippen molar-refractivity contribution >= 4 is 23.2 Å². The first-order valence-corrected chi connectivity index (χ1v) is 10.5. The normalized spacial score (nSPS) is 18.8. The topological polar surface area (TPSA) is 72.8 Å². The Hall–Kier alpha value is -2.81. The number of carbonyl (C=O) groups is 1. The molecule has 6 nitrogen and oxygen atoms in total. The van der Waals surface area contributed by atoms with Crippen LogP contribution in [0, 0.1) is 0 Å². The number of aromatic nitrogens is 1. The summed E-state index contributed by atoms with van der Waals surface area (Å²) in [4.78, 5) is 21.8. The molecule has 1 aliphatic rings. The standard InChI is InChI=1S/C22H23ClF3N3O3/c1-13(22(24,25)26)32-20-12-27-19(11-16(20)14-7-9-15(23)10-8-14)21(30)28-17-5-3-4-6-18(17)29-31-2/h7-13,17H,3-6H2,1-2H3,(H,28,30)/t13-,17-/m0/s1. The van der Waals surface area contributed by atoms with Crippen LogP contribution < -0.4 is 10.1 Å². The Bertz CT molecular complexity index is 981. The van der Waals surface area contributed by atoms with Crippen LogP contribution in [0.25, 0.3) is 11.1 Å². The van der Waals surface area contributed by atoms with Crippen LogP contribution in [0.5, 0.6) is 5.75 Å². The predicted molar refractivity (Wildman–Crippen MR) is 115 cm³/mol. The Morgan fingerprint density at radius 2 is 2.00 bits per heavy atom. The SMILES string of the molecule is CON=C1CCCC[C@@H]1NC(=O)c1cc(-c2ccc(Cl)cc2)c(O[C@@H](C)C(F)(F)F)cn1. The number of nitrogens with one attached hydrogen (secondary N) is 1. The average Bonchev–Trinajstić information content (AvgIpc) is 2.75. The van der Waals surface area contributed by atoms with E-state index in [2.05, 4.69) is 15.5 Å². The van der Waals surface area contributed by atoms with Crippen molar-refractivity contribution in [3.8, 4) is 16.9 Å². The average molecular weight is 470 g/mol. The summed E-state index contributed by atoms with van der Waals surface area (Å²) in [6.07, 6.45) is -2.16. The van der Waals surface area contributed by atoms with Gasteiger partial charge in [-0.3, -0.25) is 4.79 Å². The highest BCUT2D eigenvalue weighted by Gasteiger charge is 2.38. The van der Waals surface area contributed by atoms with E-state index >= 15 is 0 Å². The second-order valence-corrected chi connectivity index (χ2v) is 7.85. The Balaban J connectivity index is 1.91. The van der Waals surface area contributed by atoms with Crippen molar-refractivity contribution in [1.29, 1.82) is 0 Å². The van der Waals surface area contributed by atoms with Gasteiger partial charge in [0.05, 0.1) is 18.0 Å². The fourth-order valence-corrected chi connectivity index (χ4v) is 3.51. The van der Waals surface area contributed by atoms with Crippen LogP contribution in [0.2, 0.25) is 5.02 Å². The van der Waals surface area contributed by atoms with E-state index in [1.54, 1.807) is 24.3 Å². The number of amides is 1. The zero-order chi connectivity index (χ0) is 23.3. The highest BCUT2D eigenvalue weighted by atomic mass is 35.5. The first-order chi connectivity index (χ1) is 15.2. The molecule has 2 atom stereocenters. The van der Waals surface area contributed by atoms with Gasteiger partial charge in [-0.2, -0.15) is 13.2 Å². The van der Waals surface area contributed by atoms with Crippen LogP contribution in [-0.2, 0) is 4.84 Å². The molecular weight excluding hydrogens is 447 g/mol. The lowest BCUT2D eigenvalue weighted by Crippen LogP contribution is -2.43. The first-order valence-electron chi connectivity index (χ1n) is 10.1. The maximum Gasteiger partial charge on any atom is 0.425 e. The molecule has 2 aromatic rings. The van der Waals surface area contributed by atoms with Gasteiger partial charge >= 0.3 is 6.18 Å². The third kappa shape index (κ3) is 5.91. The minimum atomic E-state index is -4.55. The number of hydrogen-bond donors (Lipinski definition) is 1. The minimum absolute atomic E-state index is 0.0457. The van der Waals surface area contributed by atoms with Crippen LogP contribution in [0.1, 0.15) is 43.1 Å². The van der Waals surface area contributed by atoms with Crippen molar-refractivity contribution in [3.05, 3.63) is 47.2 Å². The van der Waals surface area contributed by atoms with Gasteiger partial charge < -0.3 is 14.9 Å². The molecule has 1 heterocycles. The van der Waals surface area contributed by atoms with E-state index in [4.69, 9.17) is 21.2 Å². The number of ether oxygens (including phenoxy) is 1. The van der Waals surface area contributed by atoms with Crippen molar-refractivity contribution < 1.29 is 27.5 Å². The number of oxime groups is 1. The van der Waals surface area contributed by atoms with Crippen molar-refractivity contribution in [1.82, 2.24) is 10.3 Å². The summed E-state index contributed by atoms with van der Waals surface area (Å²) in [5.41, 5.74) is 1.62. The lowest BCUT2D eigenvalue weighted by molar-refractivity contribution is -0.189. The molecule has 0 radical (unpaired) electrons. The number of benzene rings is 1. The first kappa shape index (κ1) is 23.8. The second kappa shape index (κ2) is 10.2. The van der Waals surface area contributed by atoms with Crippen LogP contribution in [0.3, 0.4) is 0 Å². The number of hydrogen-bond acceptors (Lipinski definition) is 5. The molecule has 32 heavy (non-hydrogen) atoms. The number of pyridine rings is 1. The molecule has 10 heteroatoms. The van der Waals surface area contributed by atoms with Crippen molar-refractivity contribution in [3.63, 3.8) is 0 Å². The summed E-state index contributed by atoms with van der Waals surface area (Å²) in [5.74, 6) is -0.556. The fraction of sp³-hybridized carbons (Fsp3) is 0.409. The van der Waals surface area contributed by atoms with Crippen LogP contribution in [0.15, 0.2) is 41.7 Å². The molecule has 1 saturated carbocycles. The maximum absolute atomic E-state index is 13.0. The fourth-order valence-electron chi connectivity index (χ4n) is 3.38. The molecule has 1 fully saturated rings. The van der Waals surface area contributed by atoms with E-state index in [0.29, 0.717) is 29.0 Å². The molecule has 1 aromatic carbocycles. The largest absolute Gasteiger partial charge is 0.479 e. The number of nitrogens with zero attached hydrogens (tertiary/aromatic N) is 2. The molecule has 172 valence electrons. The van der Waals surface area contributed by atoms with Gasteiger partial charge in [-0.25, -0.2) is 4.98 Å². The summed E-state index contributed by atoms with van der Waals surface area (Å²) in [5, 5.41) is 7.35. The predicted octanol–water partition coefficient (Wildman–Crippen LogP) is 5.41. The third-order valence-corrected chi connectivity index (χ3v) is 5.36. The highest BCUT2D eigenvalue weighted by Crippen LogP contribution is 2.34. The summed E-state index contributed by atoms with van der Waals surface area (Å²) in [6, 6.07) is 7.59. The van der Waals surface area contributed by atoms with Gasteiger partial charge in [0.25, 0.3) is 5.91 Å². The molecule has 1 amide bonds. The van der Waals surface area contributed by atoms with Crippen LogP contribution >= 0.6 is 11.6 Å². The van der Waals surface area contributed by atoms with E-state index in [1.807, 2.05) is 0 Å². The van der Waals surface area contributed by atoms with Crippen molar-refractivity contribution in [2.75, 3.05) is 7.11 Å². The van der Waals surface area contributed by atoms with E-state index in [1.165, 1.54) is 13.2 Å². The molecule has 0 unspecified atom stereocenters. The smallest absolute Gasteiger partial charge is 0.425 e. The number of alkyl halides is 3. The van der Waals surface area contributed by atoms with Crippen molar-refractivity contribution in [2.24, 2.45) is 5.16 Å². The maximum atomic E-state index is 13.0. The van der Waals surface area contributed by atoms with E-state index < -0.39 is 18.2 Å². The van der Waals surface area contributed by atoms with Gasteiger partial charge in [-0.05, 0) is 49.9 Å². The van der Waals surface area contributed by atoms with E-state index in [-0.39, 0.29) is 17.5 Å². The number of rotatable bonds is 6. The molecule has 0 saturated heterocycles. The molecule has 0 aliphatic heterocycles. The molecule has 0 bridgehead atoms. The molecule has 1 aliphatic carbocycles. The third-order valence-electron chi connectivity index (χ3n) is 5.11. The quantitative estimate of drug-likeness (QED) is 0.574. The van der Waals surface area contributed by atoms with Crippen molar-refractivity contribution in [2.45, 2.75) is 50.9 Å². The zero-order valence-electron chi connectivity index (χ0n) is 17.6. The monoisotopic (exact) mass is 469 g/mol. The number of carbonyl (C=O) groups excluding carboxylic acids is 1. The molecule has 1 N–H and O–H groups in total. The summed E-state index contributed by atoms with van der Waals surface area (Å²) in [7, 11) is 1.45. The summed E-state index contributed by atoms with van der Waals surface area (Å²) < 4.78 is 44.3. The second-order valence-electron chi connectivity index (χ2n) is 7.41. The van der Waals surface area contributed by atoms with Crippen LogP contribution in [0.4, 0.5) is 13.2 Å². The summed E-state index contributed by atoms with van der Waals surface area (Å²) >= 11 is 5.93. The zero-order valence-corrected chi connectivity index (χ0v) is 18.3. The van der Waals surface area contributed by atoms with Gasteiger partial charge in [0, 0.05) is 10.6 Å². The van der Waals surface area contributed by atoms with Gasteiger partial charge in [-0.1, -0.05) is 35.3 Å². The van der Waals surface area contributed by atoms with Gasteiger partial charge in [-0.15, -0.1) is 0 Å². The Labute approximate surface area is 188 Å². The van der Waals surface area contributed by atoms with Gasteiger partial charge in [0.15, 0.2) is 6.10 Å². The lowest BCUT2D eigenvalue weighted by atomic mass is 9.93. The summed E-state index contributed by atoms with van der Waals surface area (Å²) in [6.45, 7) is 0.909. The Kier molecular flexibility index (Phi) is 7.60. The number of halogens is 4. The molecule has 3 rings (SSSR count). The van der Waals surface area contributed by atoms with Crippen LogP contribution in [-0.4, -0.2) is 42.0 Å². The van der Waals surface area contributed by atoms with Gasteiger partial charge in [0.2, 0.25) is 0 Å². The molecular formula is C22H23ClF3N3O3. The molecule has 0 spiro atoms. The lowest BCUT2D eigenvalue weighted by Gasteiger charge is -2.24. The Morgan fingerprint density at radius 1 is 1.28 bits per heavy atom. The van der Waals surface area contributed by atoms with E-state index in [9.17, 15) is 18.0 Å². The minimum Gasteiger partial charge on any atom is -0.479 e. The molecule has 1 aromatic heterocycles.